The summed E-state index contributed by atoms with van der Waals surface area (Å²) < 4.78 is 259. The molecule has 0 aliphatic heterocycles. The van der Waals surface area contributed by atoms with Crippen LogP contribution in [0.15, 0.2) is 0 Å². The molecule has 872 valence electrons. The molecule has 0 heterocycles. The van der Waals surface area contributed by atoms with Gasteiger partial charge in [0.25, 0.3) is 0 Å². The highest BCUT2D eigenvalue weighted by Crippen LogP contribution is 1.98. The van der Waals surface area contributed by atoms with E-state index in [-0.39, 0.29) is 0 Å². The first kappa shape index (κ1) is 143. The molecule has 0 saturated heterocycles. The van der Waals surface area contributed by atoms with Crippen molar-refractivity contribution in [2.45, 2.75) is 0 Å². The Labute approximate surface area is 864 Å². The monoisotopic (exact) mass is 2130 g/mol. The zero-order chi connectivity index (χ0) is 103. The molecule has 4 N–H and O–H groups in total. The molecule has 145 heavy (non-hydrogen) atoms. The Bertz CT molecular complexity index is 1850. The van der Waals surface area contributed by atoms with Crippen LogP contribution in [0.3, 0.4) is 0 Å². The van der Waals surface area contributed by atoms with Crippen LogP contribution in [-0.2, 0) is 223 Å². The van der Waals surface area contributed by atoms with Crippen molar-refractivity contribution in [1.29, 1.82) is 0 Å². The van der Waals surface area contributed by atoms with E-state index in [9.17, 15) is 0 Å². The Kier molecular flexibility index (Phi) is 140. The summed E-state index contributed by atoms with van der Waals surface area (Å²) in [6.45, 7) is 46.6. The van der Waals surface area contributed by atoms with Gasteiger partial charge in [-0.1, -0.05) is 0 Å². The maximum Gasteiger partial charge on any atom is 0.0701 e. The number of rotatable bonds is 142. The van der Waals surface area contributed by atoms with Crippen LogP contribution in [0.25, 0.3) is 0 Å². The first-order valence-corrected chi connectivity index (χ1v) is 52.0. The van der Waals surface area contributed by atoms with Crippen LogP contribution >= 0.6 is 0 Å². The molecule has 0 amide bonds. The summed E-state index contributed by atoms with van der Waals surface area (Å²) in [6.07, 6.45) is 0. The minimum absolute atomic E-state index is 0.471. The molecule has 0 rings (SSSR count). The highest BCUT2D eigenvalue weighted by atomic mass is 16.7. The zero-order valence-corrected chi connectivity index (χ0v) is 88.2. The summed E-state index contributed by atoms with van der Waals surface area (Å²) in [6, 6.07) is 0. The molecule has 0 fully saturated rings. The molecule has 0 aromatic heterocycles. The van der Waals surface area contributed by atoms with Gasteiger partial charge in [0.05, 0.1) is 621 Å². The molecule has 0 saturated carbocycles. The van der Waals surface area contributed by atoms with Gasteiger partial charge in [-0.3, -0.25) is 0 Å². The third-order valence-corrected chi connectivity index (χ3v) is 17.6. The highest BCUT2D eigenvalue weighted by molar-refractivity contribution is 4.50. The minimum Gasteiger partial charge on any atom is -0.378 e. The predicted molar refractivity (Wildman–Crippen MR) is 527 cm³/mol. The van der Waals surface area contributed by atoms with Gasteiger partial charge in [0.1, 0.15) is 0 Å². The van der Waals surface area contributed by atoms with Crippen molar-refractivity contribution in [3.8, 4) is 0 Å². The number of hydrogen-bond acceptors (Lipinski definition) is 49. The van der Waals surface area contributed by atoms with Crippen molar-refractivity contribution < 1.29 is 223 Å². The van der Waals surface area contributed by atoms with Crippen LogP contribution in [0, 0.1) is 0 Å². The summed E-state index contributed by atoms with van der Waals surface area (Å²) in [5.41, 5.74) is 10.7. The first-order valence-electron chi connectivity index (χ1n) is 52.0. The quantitative estimate of drug-likeness (QED) is 0.0737. The van der Waals surface area contributed by atoms with Gasteiger partial charge in [0, 0.05) is 13.1 Å². The van der Waals surface area contributed by atoms with Gasteiger partial charge >= 0.3 is 0 Å². The molecule has 0 aliphatic rings. The lowest BCUT2D eigenvalue weighted by atomic mass is 10.6. The Morgan fingerprint density at radius 3 is 0.103 bits per heavy atom. The maximum atomic E-state index is 5.56. The van der Waals surface area contributed by atoms with Gasteiger partial charge in [-0.2, -0.15) is 0 Å². The van der Waals surface area contributed by atoms with Crippen molar-refractivity contribution in [3.63, 3.8) is 0 Å². The van der Waals surface area contributed by atoms with Crippen LogP contribution < -0.4 is 11.5 Å². The van der Waals surface area contributed by atoms with Crippen LogP contribution in [0.5, 0.6) is 0 Å². The van der Waals surface area contributed by atoms with Crippen molar-refractivity contribution in [2.24, 2.45) is 11.5 Å². The second-order valence-corrected chi connectivity index (χ2v) is 29.4. The third kappa shape index (κ3) is 142. The molecular weight excluding hydrogens is 1930 g/mol. The molecule has 0 spiro atoms. The predicted octanol–water partition coefficient (Wildman–Crippen LogP) is -0.316. The lowest BCUT2D eigenvalue weighted by Gasteiger charge is -2.09. The van der Waals surface area contributed by atoms with E-state index in [0.717, 1.165) is 0 Å². The van der Waals surface area contributed by atoms with E-state index in [0.29, 0.717) is 634 Å². The second kappa shape index (κ2) is 142. The summed E-state index contributed by atoms with van der Waals surface area (Å²) in [5.74, 6) is 0. The molecule has 49 nitrogen and oxygen atoms in total. The minimum atomic E-state index is 0.471. The summed E-state index contributed by atoms with van der Waals surface area (Å²) in [4.78, 5) is 0. The molecule has 49 heteroatoms. The fourth-order valence-corrected chi connectivity index (χ4v) is 10.4. The van der Waals surface area contributed by atoms with E-state index in [1.165, 1.54) is 0 Å². The van der Waals surface area contributed by atoms with E-state index in [1.807, 2.05) is 0 Å². The van der Waals surface area contributed by atoms with Crippen molar-refractivity contribution in [2.75, 3.05) is 634 Å². The Hall–Kier alpha value is -1.96. The molecule has 0 radical (unpaired) electrons. The van der Waals surface area contributed by atoms with Crippen molar-refractivity contribution in [1.82, 2.24) is 0 Å². The van der Waals surface area contributed by atoms with Crippen LogP contribution in [-0.4, -0.2) is 634 Å². The van der Waals surface area contributed by atoms with Crippen LogP contribution in [0.4, 0.5) is 0 Å². The molecule has 0 aromatic rings. The van der Waals surface area contributed by atoms with Gasteiger partial charge < -0.3 is 234 Å². The SMILES string of the molecule is NCCOCCOCCOCCOCCOCCOCCOCCOCCOCCOCCOCCOCCOCCOCCOCCOCCOCCOCCOCCOCCOCCOCCOCCOCCOCCOCCOCCOCCOCCOCCOCCOCCOCCOCCOCCOCCOCCOCCOCCOCCOCCOCCOCCOCCOCCOCCOCCN. The van der Waals surface area contributed by atoms with E-state index >= 15 is 0 Å². The lowest BCUT2D eigenvalue weighted by Crippen LogP contribution is -2.16. The third-order valence-electron chi connectivity index (χ3n) is 17.6. The molecule has 0 atom stereocenters. The topological polar surface area (TPSA) is 486 Å². The van der Waals surface area contributed by atoms with Crippen molar-refractivity contribution in [3.05, 3.63) is 0 Å². The van der Waals surface area contributed by atoms with Crippen molar-refractivity contribution >= 4 is 0 Å². The van der Waals surface area contributed by atoms with E-state index in [1.54, 1.807) is 0 Å². The molecule has 0 aliphatic carbocycles. The Morgan fingerprint density at radius 1 is 0.0483 bits per heavy atom. The average molecular weight is 2130 g/mol. The Morgan fingerprint density at radius 2 is 0.0759 bits per heavy atom. The molecular formula is C96H196N2O47. The van der Waals surface area contributed by atoms with Crippen LogP contribution in [0.2, 0.25) is 0 Å². The van der Waals surface area contributed by atoms with E-state index in [2.05, 4.69) is 0 Å². The zero-order valence-electron chi connectivity index (χ0n) is 88.2. The first-order chi connectivity index (χ1) is 72.4. The smallest absolute Gasteiger partial charge is 0.0701 e. The summed E-state index contributed by atoms with van der Waals surface area (Å²) >= 11 is 0. The van der Waals surface area contributed by atoms with E-state index < -0.39 is 0 Å². The maximum absolute atomic E-state index is 5.56. The number of nitrogens with two attached hydrogens (primary N) is 2. The van der Waals surface area contributed by atoms with Gasteiger partial charge in [-0.25, -0.2) is 0 Å². The standard InChI is InChI=1S/C96H196N2O47/c97-1-3-99-5-7-101-9-11-103-13-15-105-17-19-107-21-23-109-25-27-111-29-31-113-33-35-115-37-39-117-41-43-119-45-47-121-49-51-123-53-55-125-57-59-127-61-63-129-65-67-131-69-71-133-73-75-135-77-79-137-81-83-139-85-87-141-89-91-143-93-95-145-96-94-144-92-90-142-88-86-140-84-82-138-80-78-136-76-74-134-72-70-132-68-66-130-64-62-128-60-58-126-56-54-124-52-50-122-48-46-120-44-42-118-40-38-116-36-34-114-32-30-112-28-26-110-24-22-108-20-18-106-16-14-104-12-10-102-8-6-100-4-2-98/h1-98H2. The van der Waals surface area contributed by atoms with Gasteiger partial charge in [-0.05, 0) is 0 Å². The fourth-order valence-electron chi connectivity index (χ4n) is 10.4. The van der Waals surface area contributed by atoms with Gasteiger partial charge in [0.15, 0.2) is 0 Å². The average Bonchev–Trinajstić information content (AvgIpc) is 1.11. The fraction of sp³-hybridized carbons (Fsp3) is 1.00. The summed E-state index contributed by atoms with van der Waals surface area (Å²) in [7, 11) is 0. The number of ether oxygens (including phenoxy) is 47. The molecule has 0 bridgehead atoms. The summed E-state index contributed by atoms with van der Waals surface area (Å²) in [5, 5.41) is 0. The Balaban J connectivity index is 3.11. The number of hydrogen-bond donors (Lipinski definition) is 2. The molecule has 0 aromatic carbocycles. The lowest BCUT2D eigenvalue weighted by molar-refractivity contribution is -0.0330. The van der Waals surface area contributed by atoms with Crippen LogP contribution in [0.1, 0.15) is 0 Å². The van der Waals surface area contributed by atoms with Gasteiger partial charge in [0.2, 0.25) is 0 Å². The van der Waals surface area contributed by atoms with E-state index in [4.69, 9.17) is 234 Å². The molecule has 0 unspecified atom stereocenters. The normalized spacial score (nSPS) is 11.9. The second-order valence-electron chi connectivity index (χ2n) is 29.4. The van der Waals surface area contributed by atoms with Gasteiger partial charge in [-0.15, -0.1) is 0 Å². The highest BCUT2D eigenvalue weighted by Gasteiger charge is 2.07. The largest absolute Gasteiger partial charge is 0.378 e.